The highest BCUT2D eigenvalue weighted by atomic mass is 16.5. The van der Waals surface area contributed by atoms with Gasteiger partial charge in [0.25, 0.3) is 11.8 Å². The highest BCUT2D eigenvalue weighted by Gasteiger charge is 2.20. The first-order valence-corrected chi connectivity index (χ1v) is 9.08. The Morgan fingerprint density at radius 3 is 2.41 bits per heavy atom. The first-order chi connectivity index (χ1) is 13.0. The Morgan fingerprint density at radius 2 is 1.74 bits per heavy atom. The van der Waals surface area contributed by atoms with Crippen LogP contribution in [0.5, 0.6) is 0 Å². The summed E-state index contributed by atoms with van der Waals surface area (Å²) < 4.78 is 4.85. The van der Waals surface area contributed by atoms with Gasteiger partial charge < -0.3 is 15.4 Å². The van der Waals surface area contributed by atoms with Gasteiger partial charge in [0.1, 0.15) is 6.04 Å². The Labute approximate surface area is 158 Å². The van der Waals surface area contributed by atoms with Crippen molar-refractivity contribution in [1.29, 1.82) is 0 Å². The van der Waals surface area contributed by atoms with Crippen molar-refractivity contribution in [2.24, 2.45) is 0 Å². The number of amides is 4. The van der Waals surface area contributed by atoms with Gasteiger partial charge in [-0.25, -0.2) is 9.59 Å². The maximum Gasteiger partial charge on any atom is 0.328 e. The first-order valence-electron chi connectivity index (χ1n) is 9.08. The Bertz CT molecular complexity index is 671. The number of urea groups is 1. The monoisotopic (exact) mass is 375 g/mol. The van der Waals surface area contributed by atoms with E-state index in [-0.39, 0.29) is 6.04 Å². The third-order valence-electron chi connectivity index (χ3n) is 4.28. The summed E-state index contributed by atoms with van der Waals surface area (Å²) >= 11 is 0. The molecule has 0 bridgehead atoms. The van der Waals surface area contributed by atoms with Crippen LogP contribution in [0.15, 0.2) is 30.3 Å². The van der Waals surface area contributed by atoms with Crippen molar-refractivity contribution >= 4 is 23.8 Å². The van der Waals surface area contributed by atoms with Crippen LogP contribution in [0.3, 0.4) is 0 Å². The van der Waals surface area contributed by atoms with E-state index in [1.54, 1.807) is 30.3 Å². The van der Waals surface area contributed by atoms with E-state index < -0.39 is 36.5 Å². The number of hydrogen-bond donors (Lipinski definition) is 3. The molecule has 0 radical (unpaired) electrons. The summed E-state index contributed by atoms with van der Waals surface area (Å²) in [4.78, 5) is 47.4. The number of benzene rings is 1. The van der Waals surface area contributed by atoms with Gasteiger partial charge in [-0.1, -0.05) is 37.5 Å². The number of nitrogens with one attached hydrogen (secondary N) is 3. The van der Waals surface area contributed by atoms with Crippen molar-refractivity contribution in [3.63, 3.8) is 0 Å². The smallest absolute Gasteiger partial charge is 0.328 e. The zero-order valence-electron chi connectivity index (χ0n) is 15.3. The zero-order chi connectivity index (χ0) is 19.6. The van der Waals surface area contributed by atoms with Crippen LogP contribution in [-0.4, -0.2) is 42.5 Å². The van der Waals surface area contributed by atoms with Crippen LogP contribution in [0.2, 0.25) is 0 Å². The molecular weight excluding hydrogens is 350 g/mol. The van der Waals surface area contributed by atoms with E-state index in [9.17, 15) is 19.2 Å². The molecule has 146 valence electrons. The summed E-state index contributed by atoms with van der Waals surface area (Å²) in [6.07, 6.45) is 5.07. The van der Waals surface area contributed by atoms with Crippen LogP contribution >= 0.6 is 0 Å². The van der Waals surface area contributed by atoms with Crippen LogP contribution in [-0.2, 0) is 14.3 Å². The fraction of sp³-hybridized carbons (Fsp3) is 0.474. The van der Waals surface area contributed by atoms with E-state index in [0.29, 0.717) is 5.56 Å². The molecule has 8 heteroatoms. The average Bonchev–Trinajstić information content (AvgIpc) is 2.67. The minimum absolute atomic E-state index is 0.0716. The molecule has 0 aliphatic heterocycles. The number of ether oxygens (including phenoxy) is 1. The maximum atomic E-state index is 12.0. The molecule has 1 atom stereocenters. The Hall–Kier alpha value is -2.90. The molecule has 8 nitrogen and oxygen atoms in total. The molecule has 1 aliphatic rings. The van der Waals surface area contributed by atoms with E-state index in [1.807, 2.05) is 0 Å². The number of carbonyl (C=O) groups is 4. The number of esters is 1. The minimum Gasteiger partial charge on any atom is -0.454 e. The molecule has 1 aliphatic carbocycles. The topological polar surface area (TPSA) is 114 Å². The molecule has 2 rings (SSSR count). The number of imide groups is 1. The highest BCUT2D eigenvalue weighted by Crippen LogP contribution is 2.17. The van der Waals surface area contributed by atoms with Crippen LogP contribution in [0.25, 0.3) is 0 Å². The minimum atomic E-state index is -0.929. The number of carbonyl (C=O) groups excluding carboxylic acids is 4. The van der Waals surface area contributed by atoms with Crippen LogP contribution < -0.4 is 16.0 Å². The summed E-state index contributed by atoms with van der Waals surface area (Å²) in [7, 11) is 0. The molecule has 0 spiro atoms. The van der Waals surface area contributed by atoms with E-state index in [0.717, 1.165) is 32.1 Å². The molecule has 0 unspecified atom stereocenters. The molecule has 1 aromatic rings. The molecule has 4 amide bonds. The average molecular weight is 375 g/mol. The second kappa shape index (κ2) is 10.3. The Kier molecular flexibility index (Phi) is 7.79. The fourth-order valence-electron chi connectivity index (χ4n) is 2.82. The van der Waals surface area contributed by atoms with E-state index in [4.69, 9.17) is 4.74 Å². The molecular formula is C19H25N3O5. The van der Waals surface area contributed by atoms with E-state index >= 15 is 0 Å². The lowest BCUT2D eigenvalue weighted by molar-refractivity contribution is -0.149. The fourth-order valence-corrected chi connectivity index (χ4v) is 2.82. The van der Waals surface area contributed by atoms with Gasteiger partial charge in [0.05, 0.1) is 0 Å². The largest absolute Gasteiger partial charge is 0.454 e. The lowest BCUT2D eigenvalue weighted by atomic mass is 9.96. The van der Waals surface area contributed by atoms with Crippen LogP contribution in [0.1, 0.15) is 49.4 Å². The maximum absolute atomic E-state index is 12.0. The lowest BCUT2D eigenvalue weighted by Crippen LogP contribution is -2.47. The van der Waals surface area contributed by atoms with E-state index in [2.05, 4.69) is 16.0 Å². The van der Waals surface area contributed by atoms with Gasteiger partial charge in [0.2, 0.25) is 0 Å². The van der Waals surface area contributed by atoms with Crippen molar-refractivity contribution in [1.82, 2.24) is 16.0 Å². The number of hydrogen-bond acceptors (Lipinski definition) is 5. The highest BCUT2D eigenvalue weighted by molar-refractivity contribution is 5.97. The van der Waals surface area contributed by atoms with Crippen molar-refractivity contribution in [2.45, 2.75) is 51.1 Å². The zero-order valence-corrected chi connectivity index (χ0v) is 15.3. The van der Waals surface area contributed by atoms with Crippen LogP contribution in [0.4, 0.5) is 4.79 Å². The van der Waals surface area contributed by atoms with Gasteiger partial charge in [-0.3, -0.25) is 14.9 Å². The van der Waals surface area contributed by atoms with Crippen molar-refractivity contribution in [3.8, 4) is 0 Å². The van der Waals surface area contributed by atoms with Crippen molar-refractivity contribution < 1.29 is 23.9 Å². The third kappa shape index (κ3) is 7.08. The predicted molar refractivity (Wildman–Crippen MR) is 97.9 cm³/mol. The molecule has 27 heavy (non-hydrogen) atoms. The second-order valence-corrected chi connectivity index (χ2v) is 6.53. The molecule has 1 fully saturated rings. The SMILES string of the molecule is C[C@H](NC(=O)c1ccccc1)C(=O)OCC(=O)NC(=O)NC1CCCCC1. The predicted octanol–water partition coefficient (Wildman–Crippen LogP) is 1.51. The van der Waals surface area contributed by atoms with Gasteiger partial charge in [-0.2, -0.15) is 0 Å². The molecule has 0 heterocycles. The number of rotatable bonds is 6. The van der Waals surface area contributed by atoms with Crippen molar-refractivity contribution in [2.75, 3.05) is 6.61 Å². The van der Waals surface area contributed by atoms with Crippen LogP contribution in [0, 0.1) is 0 Å². The molecule has 0 aromatic heterocycles. The third-order valence-corrected chi connectivity index (χ3v) is 4.28. The van der Waals surface area contributed by atoms with E-state index in [1.165, 1.54) is 6.92 Å². The van der Waals surface area contributed by atoms with Crippen molar-refractivity contribution in [3.05, 3.63) is 35.9 Å². The van der Waals surface area contributed by atoms with Gasteiger partial charge in [-0.15, -0.1) is 0 Å². The standard InChI is InChI=1S/C19H25N3O5/c1-13(20-17(24)14-8-4-2-5-9-14)18(25)27-12-16(23)22-19(26)21-15-10-6-3-7-11-15/h2,4-5,8-9,13,15H,3,6-7,10-12H2,1H3,(H,20,24)(H2,21,22,23,26)/t13-/m0/s1. The van der Waals surface area contributed by atoms with Gasteiger partial charge >= 0.3 is 12.0 Å². The second-order valence-electron chi connectivity index (χ2n) is 6.53. The summed E-state index contributed by atoms with van der Waals surface area (Å²) in [5, 5.41) is 7.36. The quantitative estimate of drug-likeness (QED) is 0.652. The molecule has 1 aromatic carbocycles. The van der Waals surface area contributed by atoms with Gasteiger partial charge in [0, 0.05) is 11.6 Å². The summed E-state index contributed by atoms with van der Waals surface area (Å²) in [5.41, 5.74) is 0.411. The molecule has 0 saturated heterocycles. The first kappa shape index (κ1) is 20.4. The van der Waals surface area contributed by atoms with Gasteiger partial charge in [-0.05, 0) is 31.9 Å². The molecule has 1 saturated carbocycles. The Morgan fingerprint density at radius 1 is 1.07 bits per heavy atom. The summed E-state index contributed by atoms with van der Waals surface area (Å²) in [5.74, 6) is -1.91. The Balaban J connectivity index is 1.68. The summed E-state index contributed by atoms with van der Waals surface area (Å²) in [6.45, 7) is 0.860. The normalized spacial score (nSPS) is 15.3. The molecule has 3 N–H and O–H groups in total. The summed E-state index contributed by atoms with van der Waals surface area (Å²) in [6, 6.07) is 6.98. The van der Waals surface area contributed by atoms with Gasteiger partial charge in [0.15, 0.2) is 6.61 Å². The lowest BCUT2D eigenvalue weighted by Gasteiger charge is -2.22.